The monoisotopic (exact) mass is 355 g/mol. The summed E-state index contributed by atoms with van der Waals surface area (Å²) >= 11 is 3.36. The van der Waals surface area contributed by atoms with Crippen molar-refractivity contribution < 1.29 is 9.13 Å². The summed E-state index contributed by atoms with van der Waals surface area (Å²) in [7, 11) is 1.80. The van der Waals surface area contributed by atoms with Gasteiger partial charge in [0.2, 0.25) is 5.88 Å². The molecule has 21 heavy (non-hydrogen) atoms. The van der Waals surface area contributed by atoms with Crippen LogP contribution >= 0.6 is 15.9 Å². The second-order valence-corrected chi connectivity index (χ2v) is 5.90. The zero-order chi connectivity index (χ0) is 15.6. The first-order valence-corrected chi connectivity index (χ1v) is 7.62. The molecule has 2 N–H and O–H groups in total. The molecule has 0 bridgehead atoms. The Morgan fingerprint density at radius 1 is 1.48 bits per heavy atom. The third-order valence-electron chi connectivity index (χ3n) is 3.38. The molecule has 114 valence electrons. The quantitative estimate of drug-likeness (QED) is 0.889. The van der Waals surface area contributed by atoms with E-state index in [0.29, 0.717) is 22.5 Å². The Bertz CT molecular complexity index is 642. The molecule has 1 aromatic carbocycles. The normalized spacial score (nSPS) is 12.5. The van der Waals surface area contributed by atoms with Crippen molar-refractivity contribution >= 4 is 15.9 Å². The summed E-state index contributed by atoms with van der Waals surface area (Å²) in [6.45, 7) is 3.96. The van der Waals surface area contributed by atoms with E-state index in [0.717, 1.165) is 17.7 Å². The molecular formula is C15H19BrFN3O. The molecule has 6 heteroatoms. The summed E-state index contributed by atoms with van der Waals surface area (Å²) < 4.78 is 21.6. The van der Waals surface area contributed by atoms with E-state index in [1.165, 1.54) is 12.1 Å². The average molecular weight is 356 g/mol. The fraction of sp³-hybridized carbons (Fsp3) is 0.400. The molecule has 2 rings (SSSR count). The molecule has 1 heterocycles. The van der Waals surface area contributed by atoms with Gasteiger partial charge in [-0.3, -0.25) is 0 Å². The molecule has 2 aromatic rings. The smallest absolute Gasteiger partial charge is 0.221 e. The van der Waals surface area contributed by atoms with Crippen LogP contribution in [0.2, 0.25) is 0 Å². The molecular weight excluding hydrogens is 337 g/mol. The van der Waals surface area contributed by atoms with E-state index in [1.54, 1.807) is 17.8 Å². The first-order chi connectivity index (χ1) is 9.92. The lowest BCUT2D eigenvalue weighted by Gasteiger charge is -2.13. The highest BCUT2D eigenvalue weighted by atomic mass is 79.9. The van der Waals surface area contributed by atoms with Gasteiger partial charge in [-0.05, 0) is 47.8 Å². The Hall–Kier alpha value is -1.40. The lowest BCUT2D eigenvalue weighted by molar-refractivity contribution is 0.418. The number of hydrogen-bond acceptors (Lipinski definition) is 3. The molecule has 0 aliphatic rings. The van der Waals surface area contributed by atoms with Crippen molar-refractivity contribution in [1.29, 1.82) is 0 Å². The van der Waals surface area contributed by atoms with Gasteiger partial charge in [-0.2, -0.15) is 5.10 Å². The van der Waals surface area contributed by atoms with Crippen LogP contribution in [0, 0.1) is 12.7 Å². The zero-order valence-corrected chi connectivity index (χ0v) is 13.9. The Morgan fingerprint density at radius 3 is 2.86 bits per heavy atom. The van der Waals surface area contributed by atoms with Crippen LogP contribution in [0.3, 0.4) is 0 Å². The van der Waals surface area contributed by atoms with Gasteiger partial charge in [0.05, 0.1) is 10.2 Å². The van der Waals surface area contributed by atoms with Crippen LogP contribution in [-0.2, 0) is 13.5 Å². The van der Waals surface area contributed by atoms with E-state index in [9.17, 15) is 4.39 Å². The molecule has 4 nitrogen and oxygen atoms in total. The molecule has 0 saturated heterocycles. The number of halogens is 2. The molecule has 0 saturated carbocycles. The van der Waals surface area contributed by atoms with Gasteiger partial charge in [0.15, 0.2) is 0 Å². The van der Waals surface area contributed by atoms with Gasteiger partial charge in [0.25, 0.3) is 0 Å². The maximum atomic E-state index is 13.4. The summed E-state index contributed by atoms with van der Waals surface area (Å²) in [4.78, 5) is 0. The number of nitrogens with zero attached hydrogens (tertiary/aromatic N) is 2. The minimum atomic E-state index is -0.348. The van der Waals surface area contributed by atoms with E-state index in [1.807, 2.05) is 13.8 Å². The van der Waals surface area contributed by atoms with Crippen LogP contribution in [0.15, 0.2) is 22.7 Å². The highest BCUT2D eigenvalue weighted by molar-refractivity contribution is 9.10. The average Bonchev–Trinajstić information content (AvgIpc) is 2.69. The molecule has 0 fully saturated rings. The van der Waals surface area contributed by atoms with Gasteiger partial charge in [0.1, 0.15) is 11.6 Å². The van der Waals surface area contributed by atoms with Gasteiger partial charge in [-0.15, -0.1) is 0 Å². The van der Waals surface area contributed by atoms with Crippen LogP contribution in [0.4, 0.5) is 4.39 Å². The summed E-state index contributed by atoms with van der Waals surface area (Å²) in [6.07, 6.45) is 1.55. The Labute approximate surface area is 132 Å². The molecule has 0 radical (unpaired) electrons. The zero-order valence-electron chi connectivity index (χ0n) is 12.4. The van der Waals surface area contributed by atoms with Gasteiger partial charge in [0, 0.05) is 24.7 Å². The number of benzene rings is 1. The van der Waals surface area contributed by atoms with Gasteiger partial charge in [-0.25, -0.2) is 9.07 Å². The lowest BCUT2D eigenvalue weighted by atomic mass is 10.1. The summed E-state index contributed by atoms with van der Waals surface area (Å²) in [5, 5.41) is 4.37. The van der Waals surface area contributed by atoms with E-state index in [4.69, 9.17) is 10.5 Å². The van der Waals surface area contributed by atoms with Crippen LogP contribution < -0.4 is 10.5 Å². The highest BCUT2D eigenvalue weighted by Gasteiger charge is 2.18. The maximum Gasteiger partial charge on any atom is 0.221 e. The minimum absolute atomic E-state index is 0.0474. The molecule has 0 amide bonds. The molecule has 1 atom stereocenters. The van der Waals surface area contributed by atoms with Crippen molar-refractivity contribution in [3.63, 3.8) is 0 Å². The fourth-order valence-electron chi connectivity index (χ4n) is 2.11. The van der Waals surface area contributed by atoms with Crippen molar-refractivity contribution in [1.82, 2.24) is 9.78 Å². The molecule has 0 aliphatic heterocycles. The number of aryl methyl sites for hydroxylation is 2. The van der Waals surface area contributed by atoms with E-state index in [-0.39, 0.29) is 11.9 Å². The van der Waals surface area contributed by atoms with Gasteiger partial charge >= 0.3 is 0 Å². The summed E-state index contributed by atoms with van der Waals surface area (Å²) in [5.74, 6) is 0.672. The SMILES string of the molecule is CCC(N)Cc1c(C)nn(C)c1Oc1cc(F)ccc1Br. The van der Waals surface area contributed by atoms with E-state index >= 15 is 0 Å². The van der Waals surface area contributed by atoms with Crippen LogP contribution in [0.1, 0.15) is 24.6 Å². The van der Waals surface area contributed by atoms with Crippen molar-refractivity contribution in [2.24, 2.45) is 12.8 Å². The minimum Gasteiger partial charge on any atom is -0.438 e. The highest BCUT2D eigenvalue weighted by Crippen LogP contribution is 2.33. The topological polar surface area (TPSA) is 53.1 Å². The van der Waals surface area contributed by atoms with Crippen LogP contribution in [0.5, 0.6) is 11.6 Å². The number of nitrogens with two attached hydrogens (primary N) is 1. The molecule has 1 unspecified atom stereocenters. The number of rotatable bonds is 5. The van der Waals surface area contributed by atoms with Crippen molar-refractivity contribution in [2.75, 3.05) is 0 Å². The molecule has 0 spiro atoms. The first kappa shape index (κ1) is 16.0. The Balaban J connectivity index is 2.37. The van der Waals surface area contributed by atoms with E-state index in [2.05, 4.69) is 21.0 Å². The number of hydrogen-bond donors (Lipinski definition) is 1. The second kappa shape index (κ2) is 6.58. The fourth-order valence-corrected chi connectivity index (χ4v) is 2.44. The van der Waals surface area contributed by atoms with Gasteiger partial charge < -0.3 is 10.5 Å². The second-order valence-electron chi connectivity index (χ2n) is 5.04. The Morgan fingerprint density at radius 2 is 2.19 bits per heavy atom. The van der Waals surface area contributed by atoms with Crippen LogP contribution in [0.25, 0.3) is 0 Å². The van der Waals surface area contributed by atoms with Gasteiger partial charge in [-0.1, -0.05) is 6.92 Å². The Kier molecular flexibility index (Phi) is 5.00. The van der Waals surface area contributed by atoms with Crippen molar-refractivity contribution in [3.8, 4) is 11.6 Å². The molecule has 1 aromatic heterocycles. The number of ether oxygens (including phenoxy) is 1. The third kappa shape index (κ3) is 3.63. The standard InChI is InChI=1S/C15H19BrFN3O/c1-4-11(18)8-12-9(2)19-20(3)15(12)21-14-7-10(17)5-6-13(14)16/h5-7,11H,4,8,18H2,1-3H3. The number of aromatic nitrogens is 2. The van der Waals surface area contributed by atoms with Crippen molar-refractivity contribution in [3.05, 3.63) is 39.7 Å². The van der Waals surface area contributed by atoms with E-state index < -0.39 is 0 Å². The summed E-state index contributed by atoms with van der Waals surface area (Å²) in [5.41, 5.74) is 7.88. The molecule has 0 aliphatic carbocycles. The third-order valence-corrected chi connectivity index (χ3v) is 4.03. The maximum absolute atomic E-state index is 13.4. The largest absolute Gasteiger partial charge is 0.438 e. The van der Waals surface area contributed by atoms with Crippen molar-refractivity contribution in [2.45, 2.75) is 32.7 Å². The van der Waals surface area contributed by atoms with Crippen LogP contribution in [-0.4, -0.2) is 15.8 Å². The summed E-state index contributed by atoms with van der Waals surface area (Å²) in [6, 6.07) is 4.38. The lowest BCUT2D eigenvalue weighted by Crippen LogP contribution is -2.21. The first-order valence-electron chi connectivity index (χ1n) is 6.83. The predicted molar refractivity (Wildman–Crippen MR) is 84.1 cm³/mol. The predicted octanol–water partition coefficient (Wildman–Crippen LogP) is 3.70.